The van der Waals surface area contributed by atoms with Gasteiger partial charge in [-0.2, -0.15) is 0 Å². The van der Waals surface area contributed by atoms with Crippen molar-refractivity contribution in [2.75, 3.05) is 40.0 Å². The SMILES string of the molecule is CNCCCCOCC1CCOC1. The van der Waals surface area contributed by atoms with Crippen LogP contribution in [-0.4, -0.2) is 40.0 Å². The van der Waals surface area contributed by atoms with Crippen molar-refractivity contribution in [2.45, 2.75) is 19.3 Å². The molecule has 13 heavy (non-hydrogen) atoms. The molecule has 1 fully saturated rings. The van der Waals surface area contributed by atoms with Crippen LogP contribution in [-0.2, 0) is 9.47 Å². The lowest BCUT2D eigenvalue weighted by Gasteiger charge is -2.08. The second-order valence-corrected chi connectivity index (χ2v) is 3.62. The maximum absolute atomic E-state index is 5.56. The van der Waals surface area contributed by atoms with E-state index in [4.69, 9.17) is 9.47 Å². The van der Waals surface area contributed by atoms with Crippen molar-refractivity contribution in [3.05, 3.63) is 0 Å². The minimum absolute atomic E-state index is 0.657. The van der Waals surface area contributed by atoms with Crippen molar-refractivity contribution in [1.29, 1.82) is 0 Å². The molecule has 3 nitrogen and oxygen atoms in total. The Kier molecular flexibility index (Phi) is 6.15. The molecule has 0 bridgehead atoms. The number of rotatable bonds is 7. The van der Waals surface area contributed by atoms with Crippen LogP contribution in [0.3, 0.4) is 0 Å². The summed E-state index contributed by atoms with van der Waals surface area (Å²) in [5, 5.41) is 3.12. The molecule has 0 aliphatic carbocycles. The molecule has 1 rings (SSSR count). The molecular formula is C10H21NO2. The van der Waals surface area contributed by atoms with Crippen LogP contribution in [0.4, 0.5) is 0 Å². The fraction of sp³-hybridized carbons (Fsp3) is 1.00. The van der Waals surface area contributed by atoms with Crippen molar-refractivity contribution in [1.82, 2.24) is 5.32 Å². The van der Waals surface area contributed by atoms with E-state index in [1.807, 2.05) is 7.05 Å². The van der Waals surface area contributed by atoms with Gasteiger partial charge in [-0.25, -0.2) is 0 Å². The Morgan fingerprint density at radius 1 is 1.46 bits per heavy atom. The molecule has 1 N–H and O–H groups in total. The lowest BCUT2D eigenvalue weighted by molar-refractivity contribution is 0.0875. The van der Waals surface area contributed by atoms with E-state index in [-0.39, 0.29) is 0 Å². The fourth-order valence-corrected chi connectivity index (χ4v) is 1.47. The van der Waals surface area contributed by atoms with Gasteiger partial charge < -0.3 is 14.8 Å². The summed E-state index contributed by atoms with van der Waals surface area (Å²) >= 11 is 0. The van der Waals surface area contributed by atoms with Gasteiger partial charge in [0.2, 0.25) is 0 Å². The molecule has 0 spiro atoms. The summed E-state index contributed by atoms with van der Waals surface area (Å²) in [5.41, 5.74) is 0. The molecule has 0 saturated carbocycles. The first-order chi connectivity index (χ1) is 6.43. The zero-order valence-corrected chi connectivity index (χ0v) is 8.55. The normalized spacial score (nSPS) is 22.4. The van der Waals surface area contributed by atoms with Gasteiger partial charge in [-0.05, 0) is 32.9 Å². The van der Waals surface area contributed by atoms with E-state index < -0.39 is 0 Å². The van der Waals surface area contributed by atoms with E-state index in [0.717, 1.165) is 39.4 Å². The summed E-state index contributed by atoms with van der Waals surface area (Å²) in [4.78, 5) is 0. The predicted octanol–water partition coefficient (Wildman–Crippen LogP) is 1.04. The van der Waals surface area contributed by atoms with E-state index in [0.29, 0.717) is 5.92 Å². The van der Waals surface area contributed by atoms with Crippen LogP contribution in [0.1, 0.15) is 19.3 Å². The maximum Gasteiger partial charge on any atom is 0.0517 e. The largest absolute Gasteiger partial charge is 0.381 e. The minimum atomic E-state index is 0.657. The summed E-state index contributed by atoms with van der Waals surface area (Å²) in [6.07, 6.45) is 3.54. The molecule has 1 heterocycles. The van der Waals surface area contributed by atoms with E-state index in [1.54, 1.807) is 0 Å². The first kappa shape index (κ1) is 11.0. The average molecular weight is 187 g/mol. The molecule has 1 aliphatic rings. The zero-order valence-electron chi connectivity index (χ0n) is 8.55. The van der Waals surface area contributed by atoms with Gasteiger partial charge in [0, 0.05) is 19.1 Å². The molecule has 0 aromatic heterocycles. The second-order valence-electron chi connectivity index (χ2n) is 3.62. The van der Waals surface area contributed by atoms with Crippen LogP contribution in [0.15, 0.2) is 0 Å². The lowest BCUT2D eigenvalue weighted by Crippen LogP contribution is -2.12. The Labute approximate surface area is 80.8 Å². The van der Waals surface area contributed by atoms with Gasteiger partial charge in [0.05, 0.1) is 13.2 Å². The summed E-state index contributed by atoms with van der Waals surface area (Å²) in [6.45, 7) is 4.71. The van der Waals surface area contributed by atoms with Gasteiger partial charge in [-0.3, -0.25) is 0 Å². The highest BCUT2D eigenvalue weighted by Crippen LogP contribution is 2.12. The molecule has 3 heteroatoms. The first-order valence-electron chi connectivity index (χ1n) is 5.23. The third kappa shape index (κ3) is 5.24. The van der Waals surface area contributed by atoms with Crippen LogP contribution in [0, 0.1) is 5.92 Å². The average Bonchev–Trinajstić information content (AvgIpc) is 2.63. The molecule has 0 aromatic carbocycles. The Morgan fingerprint density at radius 3 is 3.08 bits per heavy atom. The third-order valence-corrected chi connectivity index (χ3v) is 2.34. The topological polar surface area (TPSA) is 30.5 Å². The minimum Gasteiger partial charge on any atom is -0.381 e. The molecule has 1 atom stereocenters. The predicted molar refractivity (Wildman–Crippen MR) is 52.9 cm³/mol. The number of hydrogen-bond donors (Lipinski definition) is 1. The summed E-state index contributed by atoms with van der Waals surface area (Å²) in [7, 11) is 1.98. The van der Waals surface area contributed by atoms with Crippen molar-refractivity contribution in [2.24, 2.45) is 5.92 Å². The van der Waals surface area contributed by atoms with Gasteiger partial charge in [0.15, 0.2) is 0 Å². The molecule has 1 aliphatic heterocycles. The fourth-order valence-electron chi connectivity index (χ4n) is 1.47. The van der Waals surface area contributed by atoms with Crippen LogP contribution in [0.2, 0.25) is 0 Å². The monoisotopic (exact) mass is 187 g/mol. The molecule has 1 unspecified atom stereocenters. The summed E-state index contributed by atoms with van der Waals surface area (Å²) in [6, 6.07) is 0. The van der Waals surface area contributed by atoms with Crippen molar-refractivity contribution < 1.29 is 9.47 Å². The Hall–Kier alpha value is -0.120. The van der Waals surface area contributed by atoms with Crippen molar-refractivity contribution in [3.63, 3.8) is 0 Å². The number of hydrogen-bond acceptors (Lipinski definition) is 3. The Bertz CT molecular complexity index is 113. The summed E-state index contributed by atoms with van der Waals surface area (Å²) < 4.78 is 10.8. The standard InChI is InChI=1S/C10H21NO2/c1-11-5-2-3-6-12-8-10-4-7-13-9-10/h10-11H,2-9H2,1H3. The highest BCUT2D eigenvalue weighted by atomic mass is 16.5. The van der Waals surface area contributed by atoms with Crippen LogP contribution in [0.25, 0.3) is 0 Å². The van der Waals surface area contributed by atoms with Gasteiger partial charge in [-0.15, -0.1) is 0 Å². The quantitative estimate of drug-likeness (QED) is 0.604. The number of nitrogens with one attached hydrogen (secondary N) is 1. The molecular weight excluding hydrogens is 166 g/mol. The highest BCUT2D eigenvalue weighted by Gasteiger charge is 2.14. The van der Waals surface area contributed by atoms with Crippen molar-refractivity contribution >= 4 is 0 Å². The van der Waals surface area contributed by atoms with Crippen LogP contribution < -0.4 is 5.32 Å². The first-order valence-corrected chi connectivity index (χ1v) is 5.23. The van der Waals surface area contributed by atoms with E-state index in [1.165, 1.54) is 12.8 Å². The zero-order chi connectivity index (χ0) is 9.36. The lowest BCUT2D eigenvalue weighted by atomic mass is 10.1. The van der Waals surface area contributed by atoms with Gasteiger partial charge in [0.25, 0.3) is 0 Å². The van der Waals surface area contributed by atoms with E-state index >= 15 is 0 Å². The molecule has 0 aromatic rings. The molecule has 0 amide bonds. The number of unbranched alkanes of at least 4 members (excludes halogenated alkanes) is 1. The smallest absolute Gasteiger partial charge is 0.0517 e. The Morgan fingerprint density at radius 2 is 2.38 bits per heavy atom. The second kappa shape index (κ2) is 7.30. The van der Waals surface area contributed by atoms with Gasteiger partial charge in [0.1, 0.15) is 0 Å². The molecule has 78 valence electrons. The summed E-state index contributed by atoms with van der Waals surface area (Å²) in [5.74, 6) is 0.657. The number of ether oxygens (including phenoxy) is 2. The molecule has 0 radical (unpaired) electrons. The van der Waals surface area contributed by atoms with Crippen LogP contribution >= 0.6 is 0 Å². The van der Waals surface area contributed by atoms with E-state index in [9.17, 15) is 0 Å². The highest BCUT2D eigenvalue weighted by molar-refractivity contribution is 4.62. The van der Waals surface area contributed by atoms with Gasteiger partial charge >= 0.3 is 0 Å². The maximum atomic E-state index is 5.56. The third-order valence-electron chi connectivity index (χ3n) is 2.34. The molecule has 1 saturated heterocycles. The van der Waals surface area contributed by atoms with E-state index in [2.05, 4.69) is 5.32 Å². The Balaban J connectivity index is 1.78. The van der Waals surface area contributed by atoms with Crippen molar-refractivity contribution in [3.8, 4) is 0 Å². The van der Waals surface area contributed by atoms with Crippen LogP contribution in [0.5, 0.6) is 0 Å². The van der Waals surface area contributed by atoms with Gasteiger partial charge in [-0.1, -0.05) is 0 Å².